The highest BCUT2D eigenvalue weighted by molar-refractivity contribution is 4.85. The van der Waals surface area contributed by atoms with E-state index < -0.39 is 0 Å². The summed E-state index contributed by atoms with van der Waals surface area (Å²) >= 11 is 0. The molecule has 0 aromatic heterocycles. The van der Waals surface area contributed by atoms with Gasteiger partial charge in [-0.15, -0.1) is 0 Å². The molecule has 78 valence electrons. The van der Waals surface area contributed by atoms with Crippen molar-refractivity contribution in [2.45, 2.75) is 45.6 Å². The average molecular weight is 185 g/mol. The van der Waals surface area contributed by atoms with E-state index in [0.29, 0.717) is 5.54 Å². The summed E-state index contributed by atoms with van der Waals surface area (Å²) in [6.07, 6.45) is 3.59. The first-order valence-electron chi connectivity index (χ1n) is 5.45. The molecule has 1 fully saturated rings. The van der Waals surface area contributed by atoms with Gasteiger partial charge in [0, 0.05) is 18.8 Å². The van der Waals surface area contributed by atoms with Crippen LogP contribution in [-0.4, -0.2) is 25.3 Å². The first-order valence-corrected chi connectivity index (χ1v) is 5.45. The third-order valence-corrected chi connectivity index (χ3v) is 2.87. The summed E-state index contributed by atoms with van der Waals surface area (Å²) in [5.74, 6) is 0.802. The zero-order chi connectivity index (χ0) is 9.73. The molecule has 0 atom stereocenters. The van der Waals surface area contributed by atoms with Gasteiger partial charge in [0.1, 0.15) is 0 Å². The first-order chi connectivity index (χ1) is 6.12. The Kier molecular flexibility index (Phi) is 4.20. The first kappa shape index (κ1) is 11.0. The SMILES string of the molecule is CC(C)CCNC1(C)CCOCC1. The van der Waals surface area contributed by atoms with Gasteiger partial charge in [0.25, 0.3) is 0 Å². The maximum atomic E-state index is 5.35. The van der Waals surface area contributed by atoms with Crippen LogP contribution in [0.15, 0.2) is 0 Å². The van der Waals surface area contributed by atoms with Crippen molar-refractivity contribution in [3.05, 3.63) is 0 Å². The molecular weight excluding hydrogens is 162 g/mol. The zero-order valence-electron chi connectivity index (χ0n) is 9.23. The van der Waals surface area contributed by atoms with Gasteiger partial charge in [-0.3, -0.25) is 0 Å². The smallest absolute Gasteiger partial charge is 0.0483 e. The minimum Gasteiger partial charge on any atom is -0.381 e. The fourth-order valence-electron chi connectivity index (χ4n) is 1.66. The fraction of sp³-hybridized carbons (Fsp3) is 1.00. The molecule has 1 rings (SSSR count). The average Bonchev–Trinajstić information content (AvgIpc) is 2.04. The van der Waals surface area contributed by atoms with Crippen LogP contribution in [0.2, 0.25) is 0 Å². The van der Waals surface area contributed by atoms with E-state index in [1.165, 1.54) is 6.42 Å². The van der Waals surface area contributed by atoms with Gasteiger partial charge in [-0.05, 0) is 38.6 Å². The normalized spacial score (nSPS) is 22.2. The third kappa shape index (κ3) is 4.10. The van der Waals surface area contributed by atoms with Gasteiger partial charge in [-0.1, -0.05) is 13.8 Å². The third-order valence-electron chi connectivity index (χ3n) is 2.87. The van der Waals surface area contributed by atoms with Crippen molar-refractivity contribution in [2.75, 3.05) is 19.8 Å². The molecule has 1 aliphatic rings. The molecule has 2 heteroatoms. The monoisotopic (exact) mass is 185 g/mol. The topological polar surface area (TPSA) is 21.3 Å². The molecule has 0 aromatic rings. The fourth-order valence-corrected chi connectivity index (χ4v) is 1.66. The molecule has 0 radical (unpaired) electrons. The van der Waals surface area contributed by atoms with Crippen LogP contribution in [-0.2, 0) is 4.74 Å². The molecule has 0 saturated carbocycles. The van der Waals surface area contributed by atoms with Crippen LogP contribution >= 0.6 is 0 Å². The molecule has 1 heterocycles. The molecule has 0 spiro atoms. The minimum absolute atomic E-state index is 0.340. The Balaban J connectivity index is 2.17. The van der Waals surface area contributed by atoms with E-state index in [2.05, 4.69) is 26.1 Å². The van der Waals surface area contributed by atoms with Crippen molar-refractivity contribution >= 4 is 0 Å². The van der Waals surface area contributed by atoms with Gasteiger partial charge in [-0.25, -0.2) is 0 Å². The van der Waals surface area contributed by atoms with Crippen molar-refractivity contribution in [1.82, 2.24) is 5.32 Å². The Morgan fingerprint density at radius 3 is 2.46 bits per heavy atom. The second kappa shape index (κ2) is 4.97. The summed E-state index contributed by atoms with van der Waals surface area (Å²) < 4.78 is 5.35. The largest absolute Gasteiger partial charge is 0.381 e. The molecule has 1 saturated heterocycles. The van der Waals surface area contributed by atoms with Crippen molar-refractivity contribution in [1.29, 1.82) is 0 Å². The van der Waals surface area contributed by atoms with Crippen LogP contribution in [0.25, 0.3) is 0 Å². The summed E-state index contributed by atoms with van der Waals surface area (Å²) in [7, 11) is 0. The highest BCUT2D eigenvalue weighted by atomic mass is 16.5. The van der Waals surface area contributed by atoms with Crippen LogP contribution < -0.4 is 5.32 Å². The Bertz CT molecular complexity index is 139. The lowest BCUT2D eigenvalue weighted by Crippen LogP contribution is -2.47. The van der Waals surface area contributed by atoms with Crippen LogP contribution in [0, 0.1) is 5.92 Å². The molecule has 1 aliphatic heterocycles. The second-order valence-corrected chi connectivity index (χ2v) is 4.78. The molecule has 0 aliphatic carbocycles. The minimum atomic E-state index is 0.340. The van der Waals surface area contributed by atoms with Gasteiger partial charge in [0.05, 0.1) is 0 Å². The second-order valence-electron chi connectivity index (χ2n) is 4.78. The molecule has 0 aromatic carbocycles. The number of ether oxygens (including phenoxy) is 1. The van der Waals surface area contributed by atoms with E-state index in [-0.39, 0.29) is 0 Å². The number of hydrogen-bond acceptors (Lipinski definition) is 2. The molecule has 2 nitrogen and oxygen atoms in total. The molecule has 1 N–H and O–H groups in total. The summed E-state index contributed by atoms with van der Waals surface area (Å²) in [5.41, 5.74) is 0.340. The van der Waals surface area contributed by atoms with Gasteiger partial charge in [-0.2, -0.15) is 0 Å². The molecule has 13 heavy (non-hydrogen) atoms. The zero-order valence-corrected chi connectivity index (χ0v) is 9.23. The predicted molar refractivity (Wildman–Crippen MR) is 55.9 cm³/mol. The van der Waals surface area contributed by atoms with E-state index in [1.54, 1.807) is 0 Å². The van der Waals surface area contributed by atoms with E-state index >= 15 is 0 Å². The molecule has 0 amide bonds. The van der Waals surface area contributed by atoms with E-state index in [0.717, 1.165) is 38.5 Å². The highest BCUT2D eigenvalue weighted by Gasteiger charge is 2.25. The standard InChI is InChI=1S/C11H23NO/c1-10(2)4-7-12-11(3)5-8-13-9-6-11/h10,12H,4-9H2,1-3H3. The van der Waals surface area contributed by atoms with Crippen molar-refractivity contribution < 1.29 is 4.74 Å². The number of rotatable bonds is 4. The molecule has 0 bridgehead atoms. The molecular formula is C11H23NO. The predicted octanol–water partition coefficient (Wildman–Crippen LogP) is 2.19. The van der Waals surface area contributed by atoms with Crippen LogP contribution in [0.4, 0.5) is 0 Å². The van der Waals surface area contributed by atoms with Gasteiger partial charge in [0.15, 0.2) is 0 Å². The lowest BCUT2D eigenvalue weighted by atomic mass is 9.92. The Morgan fingerprint density at radius 2 is 1.92 bits per heavy atom. The quantitative estimate of drug-likeness (QED) is 0.725. The van der Waals surface area contributed by atoms with E-state index in [9.17, 15) is 0 Å². The highest BCUT2D eigenvalue weighted by Crippen LogP contribution is 2.19. The summed E-state index contributed by atoms with van der Waals surface area (Å²) in [6.45, 7) is 9.85. The lowest BCUT2D eigenvalue weighted by molar-refractivity contribution is 0.0450. The summed E-state index contributed by atoms with van der Waals surface area (Å²) in [6, 6.07) is 0. The maximum absolute atomic E-state index is 5.35. The summed E-state index contributed by atoms with van der Waals surface area (Å²) in [4.78, 5) is 0. The number of nitrogens with one attached hydrogen (secondary N) is 1. The van der Waals surface area contributed by atoms with Gasteiger partial charge >= 0.3 is 0 Å². The van der Waals surface area contributed by atoms with Crippen molar-refractivity contribution in [2.24, 2.45) is 5.92 Å². The van der Waals surface area contributed by atoms with Crippen molar-refractivity contribution in [3.8, 4) is 0 Å². The molecule has 0 unspecified atom stereocenters. The van der Waals surface area contributed by atoms with Gasteiger partial charge in [0.2, 0.25) is 0 Å². The lowest BCUT2D eigenvalue weighted by Gasteiger charge is -2.34. The maximum Gasteiger partial charge on any atom is 0.0483 e. The number of hydrogen-bond donors (Lipinski definition) is 1. The van der Waals surface area contributed by atoms with E-state index in [1.807, 2.05) is 0 Å². The van der Waals surface area contributed by atoms with Crippen LogP contribution in [0.3, 0.4) is 0 Å². The van der Waals surface area contributed by atoms with Crippen LogP contribution in [0.5, 0.6) is 0 Å². The van der Waals surface area contributed by atoms with Crippen LogP contribution in [0.1, 0.15) is 40.0 Å². The van der Waals surface area contributed by atoms with Gasteiger partial charge < -0.3 is 10.1 Å². The Morgan fingerprint density at radius 1 is 1.31 bits per heavy atom. The van der Waals surface area contributed by atoms with Crippen molar-refractivity contribution in [3.63, 3.8) is 0 Å². The Hall–Kier alpha value is -0.0800. The summed E-state index contributed by atoms with van der Waals surface area (Å²) in [5, 5.41) is 3.65. The van der Waals surface area contributed by atoms with E-state index in [4.69, 9.17) is 4.74 Å². The Labute approximate surface area is 82.0 Å².